The third-order valence-corrected chi connectivity index (χ3v) is 7.80. The van der Waals surface area contributed by atoms with Crippen molar-refractivity contribution < 1.29 is 18.0 Å². The van der Waals surface area contributed by atoms with Gasteiger partial charge in [-0.15, -0.1) is 11.3 Å². The van der Waals surface area contributed by atoms with Crippen molar-refractivity contribution in [2.45, 2.75) is 17.7 Å². The van der Waals surface area contributed by atoms with Gasteiger partial charge in [-0.2, -0.15) is 0 Å². The van der Waals surface area contributed by atoms with E-state index >= 15 is 0 Å². The van der Waals surface area contributed by atoms with Crippen molar-refractivity contribution in [2.75, 3.05) is 53.4 Å². The number of nitrogens with zero attached hydrogens (tertiary/aromatic N) is 3. The zero-order valence-corrected chi connectivity index (χ0v) is 20.1. The predicted molar refractivity (Wildman–Crippen MR) is 125 cm³/mol. The Kier molecular flexibility index (Phi) is 8.41. The molecule has 8 nitrogen and oxygen atoms in total. The van der Waals surface area contributed by atoms with Gasteiger partial charge in [0.05, 0.1) is 11.4 Å². The summed E-state index contributed by atoms with van der Waals surface area (Å²) < 4.78 is 27.7. The van der Waals surface area contributed by atoms with Gasteiger partial charge in [0, 0.05) is 57.3 Å². The van der Waals surface area contributed by atoms with Crippen LogP contribution in [0.15, 0.2) is 46.7 Å². The van der Waals surface area contributed by atoms with Gasteiger partial charge in [0.25, 0.3) is 5.91 Å². The molecule has 174 valence electrons. The first-order valence-electron chi connectivity index (χ1n) is 10.6. The van der Waals surface area contributed by atoms with Gasteiger partial charge in [-0.25, -0.2) is 13.1 Å². The van der Waals surface area contributed by atoms with Crippen LogP contribution < -0.4 is 4.72 Å². The molecule has 2 aromatic rings. The fourth-order valence-electron chi connectivity index (χ4n) is 3.47. The maximum atomic E-state index is 12.9. The quantitative estimate of drug-likeness (QED) is 0.621. The normalized spacial score (nSPS) is 15.4. The van der Waals surface area contributed by atoms with Crippen molar-refractivity contribution in [3.8, 4) is 0 Å². The van der Waals surface area contributed by atoms with Gasteiger partial charge in [0.2, 0.25) is 15.9 Å². The Morgan fingerprint density at radius 1 is 1.06 bits per heavy atom. The van der Waals surface area contributed by atoms with E-state index in [-0.39, 0.29) is 16.7 Å². The van der Waals surface area contributed by atoms with Crippen LogP contribution in [0.25, 0.3) is 0 Å². The van der Waals surface area contributed by atoms with Crippen LogP contribution in [0.2, 0.25) is 0 Å². The molecule has 0 spiro atoms. The highest BCUT2D eigenvalue weighted by Gasteiger charge is 2.22. The number of carbonyl (C=O) groups is 2. The Morgan fingerprint density at radius 3 is 2.47 bits per heavy atom. The second-order valence-electron chi connectivity index (χ2n) is 7.96. The molecule has 0 radical (unpaired) electrons. The summed E-state index contributed by atoms with van der Waals surface area (Å²) in [4.78, 5) is 31.5. The van der Waals surface area contributed by atoms with Crippen LogP contribution in [0.4, 0.5) is 0 Å². The van der Waals surface area contributed by atoms with Gasteiger partial charge in [-0.3, -0.25) is 14.5 Å². The smallest absolute Gasteiger partial charge is 0.253 e. The summed E-state index contributed by atoms with van der Waals surface area (Å²) in [7, 11) is -0.155. The minimum Gasteiger partial charge on any atom is -0.348 e. The summed E-state index contributed by atoms with van der Waals surface area (Å²) in [6.45, 7) is 3.20. The largest absolute Gasteiger partial charge is 0.348 e. The third kappa shape index (κ3) is 6.61. The number of likely N-dealkylation sites (N-methyl/N-ethyl adjacent to an activating group) is 1. The molecule has 3 rings (SSSR count). The molecule has 2 heterocycles. The molecule has 0 bridgehead atoms. The number of hydrogen-bond acceptors (Lipinski definition) is 6. The fraction of sp³-hybridized carbons (Fsp3) is 0.455. The highest BCUT2D eigenvalue weighted by atomic mass is 32.2. The summed E-state index contributed by atoms with van der Waals surface area (Å²) >= 11 is 1.59. The second kappa shape index (κ2) is 11.0. The van der Waals surface area contributed by atoms with Crippen molar-refractivity contribution >= 4 is 33.2 Å². The zero-order valence-electron chi connectivity index (χ0n) is 18.5. The molecule has 1 aliphatic rings. The molecule has 1 saturated heterocycles. The maximum absolute atomic E-state index is 12.9. The standard InChI is InChI=1S/C22H30N4O4S2/c1-24(2)21(27)17-25-12-4-13-26(15-14-25)22(28)18-6-8-20(9-7-18)32(29,30)23-11-10-19-5-3-16-31-19/h3,5-9,16,23H,4,10-15,17H2,1-2H3. The molecule has 32 heavy (non-hydrogen) atoms. The van der Waals surface area contributed by atoms with E-state index in [2.05, 4.69) is 9.62 Å². The maximum Gasteiger partial charge on any atom is 0.253 e. The molecule has 1 aromatic heterocycles. The van der Waals surface area contributed by atoms with Gasteiger partial charge < -0.3 is 9.80 Å². The first-order valence-corrected chi connectivity index (χ1v) is 13.0. The molecule has 2 amide bonds. The Labute approximate surface area is 193 Å². The van der Waals surface area contributed by atoms with Gasteiger partial charge in [0.15, 0.2) is 0 Å². The lowest BCUT2D eigenvalue weighted by molar-refractivity contribution is -0.129. The van der Waals surface area contributed by atoms with Crippen LogP contribution >= 0.6 is 11.3 Å². The molecule has 1 aromatic carbocycles. The van der Waals surface area contributed by atoms with E-state index in [1.54, 1.807) is 47.4 Å². The molecular formula is C22H30N4O4S2. The number of nitrogens with one attached hydrogen (secondary N) is 1. The van der Waals surface area contributed by atoms with Crippen LogP contribution in [0.3, 0.4) is 0 Å². The first-order chi connectivity index (χ1) is 15.3. The molecule has 0 unspecified atom stereocenters. The molecule has 0 saturated carbocycles. The highest BCUT2D eigenvalue weighted by Crippen LogP contribution is 2.15. The Balaban J connectivity index is 1.55. The number of hydrogen-bond donors (Lipinski definition) is 1. The molecule has 0 aliphatic carbocycles. The summed E-state index contributed by atoms with van der Waals surface area (Å²) in [5, 5.41) is 1.96. The monoisotopic (exact) mass is 478 g/mol. The number of rotatable bonds is 8. The predicted octanol–water partition coefficient (Wildman–Crippen LogP) is 1.51. The number of sulfonamides is 1. The minimum absolute atomic E-state index is 0.0468. The fourth-order valence-corrected chi connectivity index (χ4v) is 5.21. The number of amides is 2. The molecule has 1 aliphatic heterocycles. The topological polar surface area (TPSA) is 90.0 Å². The summed E-state index contributed by atoms with van der Waals surface area (Å²) in [5.41, 5.74) is 0.459. The molecule has 1 fully saturated rings. The first kappa shape index (κ1) is 24.4. The van der Waals surface area contributed by atoms with Crippen molar-refractivity contribution in [2.24, 2.45) is 0 Å². The van der Waals surface area contributed by atoms with E-state index in [1.807, 2.05) is 17.5 Å². The van der Waals surface area contributed by atoms with Crippen molar-refractivity contribution in [3.63, 3.8) is 0 Å². The van der Waals surface area contributed by atoms with Crippen molar-refractivity contribution in [3.05, 3.63) is 52.2 Å². The van der Waals surface area contributed by atoms with Gasteiger partial charge in [0.1, 0.15) is 0 Å². The lowest BCUT2D eigenvalue weighted by atomic mass is 10.2. The van der Waals surface area contributed by atoms with E-state index in [4.69, 9.17) is 0 Å². The Morgan fingerprint density at radius 2 is 1.81 bits per heavy atom. The van der Waals surface area contributed by atoms with Crippen LogP contribution in [0.5, 0.6) is 0 Å². The SMILES string of the molecule is CN(C)C(=O)CN1CCCN(C(=O)c2ccc(S(=O)(=O)NCCc3cccs3)cc2)CC1. The molecule has 0 atom stereocenters. The molecule has 10 heteroatoms. The summed E-state index contributed by atoms with van der Waals surface area (Å²) in [6.07, 6.45) is 1.42. The summed E-state index contributed by atoms with van der Waals surface area (Å²) in [5.74, 6) is -0.0778. The second-order valence-corrected chi connectivity index (χ2v) is 10.8. The van der Waals surface area contributed by atoms with Gasteiger partial charge in [-0.1, -0.05) is 6.07 Å². The lowest BCUT2D eigenvalue weighted by Gasteiger charge is -2.23. The zero-order chi connectivity index (χ0) is 23.1. The van der Waals surface area contributed by atoms with Crippen LogP contribution in [0, 0.1) is 0 Å². The Bertz CT molecular complexity index is 1010. The van der Waals surface area contributed by atoms with Gasteiger partial charge >= 0.3 is 0 Å². The number of thiophene rings is 1. The lowest BCUT2D eigenvalue weighted by Crippen LogP contribution is -2.39. The molecular weight excluding hydrogens is 448 g/mol. The van der Waals surface area contributed by atoms with Crippen molar-refractivity contribution in [1.82, 2.24) is 19.4 Å². The van der Waals surface area contributed by atoms with Crippen LogP contribution in [0.1, 0.15) is 21.7 Å². The van der Waals surface area contributed by atoms with Gasteiger partial charge in [-0.05, 0) is 48.6 Å². The molecule has 1 N–H and O–H groups in total. The number of carbonyl (C=O) groups excluding carboxylic acids is 2. The minimum atomic E-state index is -3.63. The highest BCUT2D eigenvalue weighted by molar-refractivity contribution is 7.89. The van der Waals surface area contributed by atoms with Crippen LogP contribution in [-0.2, 0) is 21.2 Å². The van der Waals surface area contributed by atoms with E-state index in [0.29, 0.717) is 44.7 Å². The van der Waals surface area contributed by atoms with E-state index in [9.17, 15) is 18.0 Å². The summed E-state index contributed by atoms with van der Waals surface area (Å²) in [6, 6.07) is 9.99. The Hall–Kier alpha value is -2.27. The number of benzene rings is 1. The average molecular weight is 479 g/mol. The average Bonchev–Trinajstić information content (AvgIpc) is 3.18. The van der Waals surface area contributed by atoms with Crippen LogP contribution in [-0.4, -0.2) is 88.3 Å². The van der Waals surface area contributed by atoms with E-state index in [0.717, 1.165) is 17.8 Å². The van der Waals surface area contributed by atoms with E-state index < -0.39 is 10.0 Å². The van der Waals surface area contributed by atoms with E-state index in [1.165, 1.54) is 12.1 Å². The van der Waals surface area contributed by atoms with Crippen molar-refractivity contribution in [1.29, 1.82) is 0 Å². The third-order valence-electron chi connectivity index (χ3n) is 5.39.